The lowest BCUT2D eigenvalue weighted by molar-refractivity contribution is -0.148. The van der Waals surface area contributed by atoms with E-state index in [-0.39, 0.29) is 29.7 Å². The highest BCUT2D eigenvalue weighted by atomic mass is 16.5. The fourth-order valence-corrected chi connectivity index (χ4v) is 3.55. The highest BCUT2D eigenvalue weighted by Gasteiger charge is 2.40. The number of carbonyl (C=O) groups is 2. The molecule has 1 saturated heterocycles. The number of benzene rings is 1. The second kappa shape index (κ2) is 8.54. The second-order valence-electron chi connectivity index (χ2n) is 7.65. The number of nitrogens with two attached hydrogens (primary N) is 1. The van der Waals surface area contributed by atoms with E-state index in [9.17, 15) is 9.59 Å². The van der Waals surface area contributed by atoms with Crippen molar-refractivity contribution in [1.82, 2.24) is 10.2 Å². The molecule has 6 heteroatoms. The molecule has 3 atom stereocenters. The largest absolute Gasteiger partial charge is 0.399 e. The van der Waals surface area contributed by atoms with Crippen LogP contribution in [0.4, 0.5) is 5.69 Å². The standard InChI is InChI=1S/C20H31N3O3/c1-12(2)17(19(24)22-13(3)4)23(5)20(25)18-16(10-11-26-18)14-6-8-15(21)9-7-14/h6-9,12-13,16-18H,10-11,21H2,1-5H3,(H,22,24). The van der Waals surface area contributed by atoms with Gasteiger partial charge in [0.1, 0.15) is 12.1 Å². The van der Waals surface area contributed by atoms with Crippen molar-refractivity contribution in [2.45, 2.75) is 58.2 Å². The third-order valence-electron chi connectivity index (χ3n) is 4.80. The van der Waals surface area contributed by atoms with Gasteiger partial charge < -0.3 is 20.7 Å². The smallest absolute Gasteiger partial charge is 0.252 e. The fraction of sp³-hybridized carbons (Fsp3) is 0.600. The summed E-state index contributed by atoms with van der Waals surface area (Å²) in [5, 5.41) is 2.91. The number of amides is 2. The normalized spacial score (nSPS) is 21.0. The Morgan fingerprint density at radius 3 is 2.35 bits per heavy atom. The van der Waals surface area contributed by atoms with E-state index in [1.54, 1.807) is 11.9 Å². The van der Waals surface area contributed by atoms with Crippen molar-refractivity contribution in [3.8, 4) is 0 Å². The first-order valence-corrected chi connectivity index (χ1v) is 9.26. The molecule has 1 fully saturated rings. The zero-order valence-corrected chi connectivity index (χ0v) is 16.4. The molecule has 3 N–H and O–H groups in total. The Morgan fingerprint density at radius 1 is 1.19 bits per heavy atom. The van der Waals surface area contributed by atoms with Crippen molar-refractivity contribution in [3.63, 3.8) is 0 Å². The van der Waals surface area contributed by atoms with Crippen molar-refractivity contribution >= 4 is 17.5 Å². The van der Waals surface area contributed by atoms with Crippen LogP contribution in [0.1, 0.15) is 45.6 Å². The number of ether oxygens (including phenoxy) is 1. The van der Waals surface area contributed by atoms with E-state index in [2.05, 4.69) is 5.32 Å². The molecule has 1 aliphatic rings. The average Bonchev–Trinajstić information content (AvgIpc) is 3.03. The number of hydrogen-bond donors (Lipinski definition) is 2. The lowest BCUT2D eigenvalue weighted by Gasteiger charge is -2.33. The van der Waals surface area contributed by atoms with E-state index in [1.165, 1.54) is 0 Å². The van der Waals surface area contributed by atoms with Gasteiger partial charge in [-0.15, -0.1) is 0 Å². The van der Waals surface area contributed by atoms with Crippen molar-refractivity contribution in [2.75, 3.05) is 19.4 Å². The van der Waals surface area contributed by atoms with Gasteiger partial charge in [0.15, 0.2) is 0 Å². The molecule has 0 radical (unpaired) electrons. The first-order valence-electron chi connectivity index (χ1n) is 9.26. The van der Waals surface area contributed by atoms with E-state index in [0.29, 0.717) is 12.3 Å². The van der Waals surface area contributed by atoms with Gasteiger partial charge in [-0.1, -0.05) is 26.0 Å². The third-order valence-corrected chi connectivity index (χ3v) is 4.80. The SMILES string of the molecule is CC(C)NC(=O)C(C(C)C)N(C)C(=O)C1OCCC1c1ccc(N)cc1. The van der Waals surface area contributed by atoms with Crippen molar-refractivity contribution in [1.29, 1.82) is 0 Å². The van der Waals surface area contributed by atoms with Gasteiger partial charge in [0.05, 0.1) is 0 Å². The Bertz CT molecular complexity index is 628. The fourth-order valence-electron chi connectivity index (χ4n) is 3.55. The summed E-state index contributed by atoms with van der Waals surface area (Å²) in [5.41, 5.74) is 7.49. The Balaban J connectivity index is 2.18. The van der Waals surface area contributed by atoms with Gasteiger partial charge in [0.2, 0.25) is 5.91 Å². The van der Waals surface area contributed by atoms with Gasteiger partial charge >= 0.3 is 0 Å². The van der Waals surface area contributed by atoms with Crippen LogP contribution in [0.2, 0.25) is 0 Å². The molecule has 1 aromatic rings. The van der Waals surface area contributed by atoms with Crippen LogP contribution < -0.4 is 11.1 Å². The summed E-state index contributed by atoms with van der Waals surface area (Å²) in [6, 6.07) is 7.07. The summed E-state index contributed by atoms with van der Waals surface area (Å²) in [5.74, 6) is -0.305. The number of anilines is 1. The minimum atomic E-state index is -0.572. The zero-order valence-electron chi connectivity index (χ0n) is 16.4. The number of likely N-dealkylation sites (N-methyl/N-ethyl adjacent to an activating group) is 1. The molecule has 144 valence electrons. The molecule has 0 aromatic heterocycles. The Morgan fingerprint density at radius 2 is 1.81 bits per heavy atom. The van der Waals surface area contributed by atoms with E-state index in [1.807, 2.05) is 52.0 Å². The van der Waals surface area contributed by atoms with Crippen LogP contribution in [-0.2, 0) is 14.3 Å². The van der Waals surface area contributed by atoms with Crippen LogP contribution in [0.15, 0.2) is 24.3 Å². The third kappa shape index (κ3) is 4.55. The van der Waals surface area contributed by atoms with Gasteiger partial charge in [-0.2, -0.15) is 0 Å². The molecule has 0 spiro atoms. The topological polar surface area (TPSA) is 84.7 Å². The summed E-state index contributed by atoms with van der Waals surface area (Å²) in [6.07, 6.45) is 0.204. The Kier molecular flexibility index (Phi) is 6.64. The maximum Gasteiger partial charge on any atom is 0.252 e. The van der Waals surface area contributed by atoms with Gasteiger partial charge in [-0.25, -0.2) is 0 Å². The molecule has 26 heavy (non-hydrogen) atoms. The minimum absolute atomic E-state index is 0.000855. The average molecular weight is 361 g/mol. The molecular formula is C20H31N3O3. The van der Waals surface area contributed by atoms with Crippen LogP contribution in [0.3, 0.4) is 0 Å². The minimum Gasteiger partial charge on any atom is -0.399 e. The summed E-state index contributed by atoms with van der Waals surface area (Å²) < 4.78 is 5.77. The van der Waals surface area contributed by atoms with Gasteiger partial charge in [-0.05, 0) is 43.9 Å². The van der Waals surface area contributed by atoms with Crippen LogP contribution in [-0.4, -0.2) is 48.6 Å². The molecule has 1 aromatic carbocycles. The van der Waals surface area contributed by atoms with E-state index in [4.69, 9.17) is 10.5 Å². The molecule has 0 saturated carbocycles. The monoisotopic (exact) mass is 361 g/mol. The number of nitrogens with one attached hydrogen (secondary N) is 1. The first kappa shape index (κ1) is 20.2. The summed E-state index contributed by atoms with van der Waals surface area (Å²) in [7, 11) is 1.69. The van der Waals surface area contributed by atoms with Gasteiger partial charge in [0.25, 0.3) is 5.91 Å². The molecule has 0 aliphatic carbocycles. The lowest BCUT2D eigenvalue weighted by Crippen LogP contribution is -2.54. The molecule has 1 heterocycles. The predicted molar refractivity (Wildman–Crippen MR) is 103 cm³/mol. The maximum atomic E-state index is 13.1. The summed E-state index contributed by atoms with van der Waals surface area (Å²) >= 11 is 0. The quantitative estimate of drug-likeness (QED) is 0.761. The first-order chi connectivity index (χ1) is 12.2. The Labute approximate surface area is 156 Å². The number of carbonyl (C=O) groups excluding carboxylic acids is 2. The van der Waals surface area contributed by atoms with Crippen LogP contribution in [0.25, 0.3) is 0 Å². The molecule has 6 nitrogen and oxygen atoms in total. The number of rotatable bonds is 6. The molecule has 0 bridgehead atoms. The Hall–Kier alpha value is -2.08. The van der Waals surface area contributed by atoms with Crippen molar-refractivity contribution in [2.24, 2.45) is 5.92 Å². The molecule has 3 unspecified atom stereocenters. The van der Waals surface area contributed by atoms with Crippen LogP contribution in [0.5, 0.6) is 0 Å². The molecular weight excluding hydrogens is 330 g/mol. The molecule has 2 rings (SSSR count). The maximum absolute atomic E-state index is 13.1. The van der Waals surface area contributed by atoms with Crippen LogP contribution in [0, 0.1) is 5.92 Å². The summed E-state index contributed by atoms with van der Waals surface area (Å²) in [6.45, 7) is 8.25. The van der Waals surface area contributed by atoms with Gasteiger partial charge in [-0.3, -0.25) is 9.59 Å². The number of hydrogen-bond acceptors (Lipinski definition) is 4. The predicted octanol–water partition coefficient (Wildman–Crippen LogP) is 2.15. The molecule has 2 amide bonds. The number of nitrogen functional groups attached to an aromatic ring is 1. The van der Waals surface area contributed by atoms with Crippen molar-refractivity contribution in [3.05, 3.63) is 29.8 Å². The van der Waals surface area contributed by atoms with E-state index < -0.39 is 12.1 Å². The van der Waals surface area contributed by atoms with Crippen molar-refractivity contribution < 1.29 is 14.3 Å². The molecule has 1 aliphatic heterocycles. The van der Waals surface area contributed by atoms with Crippen LogP contribution >= 0.6 is 0 Å². The van der Waals surface area contributed by atoms with E-state index in [0.717, 1.165) is 12.0 Å². The number of nitrogens with zero attached hydrogens (tertiary/aromatic N) is 1. The zero-order chi connectivity index (χ0) is 19.4. The highest BCUT2D eigenvalue weighted by Crippen LogP contribution is 2.33. The highest BCUT2D eigenvalue weighted by molar-refractivity contribution is 5.90. The summed E-state index contributed by atoms with van der Waals surface area (Å²) in [4.78, 5) is 27.3. The second-order valence-corrected chi connectivity index (χ2v) is 7.65. The lowest BCUT2D eigenvalue weighted by atomic mass is 9.91. The van der Waals surface area contributed by atoms with Gasteiger partial charge in [0, 0.05) is 31.3 Å². The van der Waals surface area contributed by atoms with E-state index >= 15 is 0 Å².